The van der Waals surface area contributed by atoms with Gasteiger partial charge in [-0.05, 0) is 31.0 Å². The van der Waals surface area contributed by atoms with E-state index in [1.807, 2.05) is 43.3 Å². The third kappa shape index (κ3) is 2.76. The molecule has 0 bridgehead atoms. The van der Waals surface area contributed by atoms with Gasteiger partial charge in [0.05, 0.1) is 28.5 Å². The van der Waals surface area contributed by atoms with Gasteiger partial charge in [-0.1, -0.05) is 36.4 Å². The SMILES string of the molecule is Cc1ccccc1-c1nc2ccccc2c(=O)n1[C@H]1CCS(=O)(=O)C1. The Labute approximate surface area is 145 Å². The van der Waals surface area contributed by atoms with Gasteiger partial charge < -0.3 is 0 Å². The lowest BCUT2D eigenvalue weighted by molar-refractivity contribution is 0.541. The minimum atomic E-state index is -3.11. The van der Waals surface area contributed by atoms with Gasteiger partial charge >= 0.3 is 0 Å². The van der Waals surface area contributed by atoms with Crippen molar-refractivity contribution in [3.63, 3.8) is 0 Å². The van der Waals surface area contributed by atoms with E-state index in [4.69, 9.17) is 4.98 Å². The number of nitrogens with zero attached hydrogens (tertiary/aromatic N) is 2. The molecule has 5 nitrogen and oxygen atoms in total. The van der Waals surface area contributed by atoms with Crippen molar-refractivity contribution in [2.75, 3.05) is 11.5 Å². The molecule has 1 aliphatic rings. The largest absolute Gasteiger partial charge is 0.288 e. The summed E-state index contributed by atoms with van der Waals surface area (Å²) in [6.07, 6.45) is 0.446. The van der Waals surface area contributed by atoms with Crippen molar-refractivity contribution in [1.29, 1.82) is 0 Å². The predicted octanol–water partition coefficient (Wildman–Crippen LogP) is 2.73. The first-order valence-corrected chi connectivity index (χ1v) is 10.1. The van der Waals surface area contributed by atoms with Gasteiger partial charge in [0.15, 0.2) is 9.84 Å². The van der Waals surface area contributed by atoms with Gasteiger partial charge in [0.2, 0.25) is 0 Å². The van der Waals surface area contributed by atoms with Gasteiger partial charge in [0.25, 0.3) is 5.56 Å². The van der Waals surface area contributed by atoms with Crippen LogP contribution in [0.4, 0.5) is 0 Å². The molecule has 1 saturated heterocycles. The number of hydrogen-bond acceptors (Lipinski definition) is 4. The van der Waals surface area contributed by atoms with Gasteiger partial charge in [0, 0.05) is 5.56 Å². The monoisotopic (exact) mass is 354 g/mol. The number of hydrogen-bond donors (Lipinski definition) is 0. The summed E-state index contributed by atoms with van der Waals surface area (Å²) in [6, 6.07) is 14.6. The summed E-state index contributed by atoms with van der Waals surface area (Å²) in [5.41, 5.74) is 2.31. The molecule has 0 aliphatic carbocycles. The first-order valence-electron chi connectivity index (χ1n) is 8.24. The van der Waals surface area contributed by atoms with Crippen LogP contribution in [0.15, 0.2) is 53.3 Å². The first kappa shape index (κ1) is 16.0. The van der Waals surface area contributed by atoms with E-state index in [0.29, 0.717) is 23.1 Å². The fourth-order valence-corrected chi connectivity index (χ4v) is 5.18. The highest BCUT2D eigenvalue weighted by Gasteiger charge is 2.32. The number of aryl methyl sites for hydroxylation is 1. The second kappa shape index (κ2) is 5.81. The highest BCUT2D eigenvalue weighted by Crippen LogP contribution is 2.29. The molecule has 2 aromatic carbocycles. The summed E-state index contributed by atoms with van der Waals surface area (Å²) in [5.74, 6) is 0.652. The molecule has 3 aromatic rings. The quantitative estimate of drug-likeness (QED) is 0.709. The molecule has 25 heavy (non-hydrogen) atoms. The normalized spacial score (nSPS) is 19.3. The fourth-order valence-electron chi connectivity index (χ4n) is 3.48. The van der Waals surface area contributed by atoms with Crippen LogP contribution in [0.25, 0.3) is 22.3 Å². The molecule has 4 rings (SSSR count). The van der Waals surface area contributed by atoms with Crippen molar-refractivity contribution in [3.8, 4) is 11.4 Å². The maximum atomic E-state index is 13.2. The van der Waals surface area contributed by atoms with E-state index in [2.05, 4.69) is 0 Å². The van der Waals surface area contributed by atoms with E-state index in [-0.39, 0.29) is 23.1 Å². The van der Waals surface area contributed by atoms with E-state index in [0.717, 1.165) is 11.1 Å². The topological polar surface area (TPSA) is 69.0 Å². The molecule has 0 saturated carbocycles. The number of para-hydroxylation sites is 1. The van der Waals surface area contributed by atoms with Crippen LogP contribution in [0, 0.1) is 6.92 Å². The summed E-state index contributed by atoms with van der Waals surface area (Å²) >= 11 is 0. The van der Waals surface area contributed by atoms with Crippen molar-refractivity contribution < 1.29 is 8.42 Å². The molecule has 0 spiro atoms. The van der Waals surface area contributed by atoms with Gasteiger partial charge in [-0.2, -0.15) is 0 Å². The maximum absolute atomic E-state index is 13.2. The molecule has 1 aliphatic heterocycles. The zero-order valence-corrected chi connectivity index (χ0v) is 14.7. The van der Waals surface area contributed by atoms with E-state index in [9.17, 15) is 13.2 Å². The molecule has 1 aromatic heterocycles. The Kier molecular flexibility index (Phi) is 3.72. The van der Waals surface area contributed by atoms with Crippen LogP contribution in [-0.4, -0.2) is 29.5 Å². The Balaban J connectivity index is 2.05. The van der Waals surface area contributed by atoms with Crippen LogP contribution in [0.3, 0.4) is 0 Å². The number of aromatic nitrogens is 2. The first-order chi connectivity index (χ1) is 12.0. The summed E-state index contributed by atoms with van der Waals surface area (Å²) in [6.45, 7) is 1.96. The number of sulfone groups is 1. The molecular weight excluding hydrogens is 336 g/mol. The van der Waals surface area contributed by atoms with Gasteiger partial charge in [-0.15, -0.1) is 0 Å². The molecule has 0 amide bonds. The van der Waals surface area contributed by atoms with Crippen LogP contribution in [0.2, 0.25) is 0 Å². The molecule has 6 heteroatoms. The van der Waals surface area contributed by atoms with Crippen LogP contribution in [0.1, 0.15) is 18.0 Å². The molecule has 0 unspecified atom stereocenters. The Bertz CT molecular complexity index is 1130. The van der Waals surface area contributed by atoms with Crippen LogP contribution >= 0.6 is 0 Å². The molecule has 1 fully saturated rings. The van der Waals surface area contributed by atoms with Crippen LogP contribution < -0.4 is 5.56 Å². The summed E-state index contributed by atoms with van der Waals surface area (Å²) in [7, 11) is -3.11. The second-order valence-corrected chi connectivity index (χ2v) is 8.73. The van der Waals surface area contributed by atoms with Gasteiger partial charge in [-0.25, -0.2) is 13.4 Å². The molecule has 2 heterocycles. The van der Waals surface area contributed by atoms with E-state index in [1.165, 1.54) is 0 Å². The summed E-state index contributed by atoms with van der Waals surface area (Å²) in [5, 5.41) is 0.518. The Hall–Kier alpha value is -2.47. The van der Waals surface area contributed by atoms with Gasteiger partial charge in [-0.3, -0.25) is 9.36 Å². The van der Waals surface area contributed by atoms with E-state index < -0.39 is 9.84 Å². The minimum Gasteiger partial charge on any atom is -0.288 e. The van der Waals surface area contributed by atoms with Crippen molar-refractivity contribution >= 4 is 20.7 Å². The lowest BCUT2D eigenvalue weighted by atomic mass is 10.1. The molecular formula is C19H18N2O3S. The van der Waals surface area contributed by atoms with Crippen molar-refractivity contribution in [2.45, 2.75) is 19.4 Å². The maximum Gasteiger partial charge on any atom is 0.261 e. The minimum absolute atomic E-state index is 0.00813. The van der Waals surface area contributed by atoms with Crippen molar-refractivity contribution in [2.24, 2.45) is 0 Å². The van der Waals surface area contributed by atoms with Crippen molar-refractivity contribution in [1.82, 2.24) is 9.55 Å². The third-order valence-corrected chi connectivity index (χ3v) is 6.52. The molecule has 0 radical (unpaired) electrons. The average Bonchev–Trinajstić information content (AvgIpc) is 2.95. The van der Waals surface area contributed by atoms with Crippen LogP contribution in [0.5, 0.6) is 0 Å². The van der Waals surface area contributed by atoms with E-state index in [1.54, 1.807) is 16.7 Å². The third-order valence-electron chi connectivity index (χ3n) is 4.77. The molecule has 128 valence electrons. The smallest absolute Gasteiger partial charge is 0.261 e. The standard InChI is InChI=1S/C19H18N2O3S/c1-13-6-2-3-7-15(13)18-20-17-9-5-4-8-16(17)19(22)21(18)14-10-11-25(23,24)12-14/h2-9,14H,10-12H2,1H3/t14-/m0/s1. The summed E-state index contributed by atoms with van der Waals surface area (Å²) < 4.78 is 25.5. The summed E-state index contributed by atoms with van der Waals surface area (Å²) in [4.78, 5) is 17.9. The van der Waals surface area contributed by atoms with Gasteiger partial charge in [0.1, 0.15) is 5.82 Å². The molecule has 0 N–H and O–H groups in total. The van der Waals surface area contributed by atoms with E-state index >= 15 is 0 Å². The molecule has 1 atom stereocenters. The highest BCUT2D eigenvalue weighted by atomic mass is 32.2. The Morgan fingerprint density at radius 1 is 1.08 bits per heavy atom. The van der Waals surface area contributed by atoms with Crippen LogP contribution in [-0.2, 0) is 9.84 Å². The fraction of sp³-hybridized carbons (Fsp3) is 0.263. The zero-order chi connectivity index (χ0) is 17.6. The predicted molar refractivity (Wildman–Crippen MR) is 98.5 cm³/mol. The Morgan fingerprint density at radius 3 is 2.52 bits per heavy atom. The number of rotatable bonds is 2. The zero-order valence-electron chi connectivity index (χ0n) is 13.8. The average molecular weight is 354 g/mol. The van der Waals surface area contributed by atoms with Crippen molar-refractivity contribution in [3.05, 3.63) is 64.4 Å². The number of fused-ring (bicyclic) bond motifs is 1. The Morgan fingerprint density at radius 2 is 1.80 bits per heavy atom. The lowest BCUT2D eigenvalue weighted by Gasteiger charge is -2.19. The highest BCUT2D eigenvalue weighted by molar-refractivity contribution is 7.91. The lowest BCUT2D eigenvalue weighted by Crippen LogP contribution is -2.28. The second-order valence-electron chi connectivity index (χ2n) is 6.50. The number of benzene rings is 2.